The quantitative estimate of drug-likeness (QED) is 0.783. The molecule has 0 saturated heterocycles. The van der Waals surface area contributed by atoms with Crippen LogP contribution in [-0.2, 0) is 11.3 Å². The summed E-state index contributed by atoms with van der Waals surface area (Å²) in [4.78, 5) is 10.6. The van der Waals surface area contributed by atoms with Gasteiger partial charge in [-0.15, -0.1) is 0 Å². The number of rotatable bonds is 6. The molecule has 1 aromatic rings. The maximum absolute atomic E-state index is 10.6. The molecule has 0 aliphatic rings. The van der Waals surface area contributed by atoms with Gasteiger partial charge in [-0.3, -0.25) is 4.79 Å². The third-order valence-corrected chi connectivity index (χ3v) is 2.96. The van der Waals surface area contributed by atoms with E-state index in [1.807, 2.05) is 12.1 Å². The van der Waals surface area contributed by atoms with Crippen LogP contribution in [0.1, 0.15) is 18.9 Å². The normalized spacial score (nSPS) is 10.3. The van der Waals surface area contributed by atoms with Crippen molar-refractivity contribution >= 4 is 29.1 Å². The maximum Gasteiger partial charge on any atom is 0.216 e. The lowest BCUT2D eigenvalue weighted by Gasteiger charge is -2.06. The molecular weight excluding hydrogens is 259 g/mol. The molecule has 94 valence electrons. The molecule has 0 aliphatic carbocycles. The molecule has 0 bridgehead atoms. The minimum Gasteiger partial charge on any atom is -0.356 e. The third-order valence-electron chi connectivity index (χ3n) is 2.22. The molecule has 0 radical (unpaired) electrons. The molecule has 1 amide bonds. The summed E-state index contributed by atoms with van der Waals surface area (Å²) in [6, 6.07) is 5.58. The summed E-state index contributed by atoms with van der Waals surface area (Å²) in [5, 5.41) is 7.16. The Morgan fingerprint density at radius 3 is 2.65 bits per heavy atom. The molecule has 2 N–H and O–H groups in total. The molecule has 0 spiro atoms. The van der Waals surface area contributed by atoms with Crippen LogP contribution in [0.5, 0.6) is 0 Å². The van der Waals surface area contributed by atoms with Crippen molar-refractivity contribution in [3.8, 4) is 0 Å². The molecular formula is C12H16Cl2N2O. The predicted octanol–water partition coefficient (Wildman–Crippen LogP) is 2.61. The lowest BCUT2D eigenvalue weighted by Crippen LogP contribution is -2.24. The summed E-state index contributed by atoms with van der Waals surface area (Å²) in [5.41, 5.74) is 1.10. The number of nitrogens with one attached hydrogen (secondary N) is 2. The van der Waals surface area contributed by atoms with E-state index in [-0.39, 0.29) is 5.91 Å². The second-order valence-electron chi connectivity index (χ2n) is 3.76. The number of carbonyl (C=O) groups excluding carboxylic acids is 1. The molecule has 5 heteroatoms. The van der Waals surface area contributed by atoms with E-state index < -0.39 is 0 Å². The first-order valence-electron chi connectivity index (χ1n) is 5.48. The molecule has 0 saturated carbocycles. The minimum absolute atomic E-state index is 0.00878. The molecule has 0 aliphatic heterocycles. The van der Waals surface area contributed by atoms with Gasteiger partial charge in [-0.05, 0) is 30.7 Å². The zero-order valence-corrected chi connectivity index (χ0v) is 11.2. The highest BCUT2D eigenvalue weighted by Crippen LogP contribution is 2.22. The average molecular weight is 275 g/mol. The molecule has 0 fully saturated rings. The Morgan fingerprint density at radius 1 is 1.24 bits per heavy atom. The fourth-order valence-electron chi connectivity index (χ4n) is 1.36. The first-order chi connectivity index (χ1) is 8.09. The Kier molecular flexibility index (Phi) is 6.34. The van der Waals surface area contributed by atoms with Crippen molar-refractivity contribution in [3.05, 3.63) is 33.8 Å². The van der Waals surface area contributed by atoms with Crippen LogP contribution < -0.4 is 10.6 Å². The largest absolute Gasteiger partial charge is 0.356 e. The van der Waals surface area contributed by atoms with Gasteiger partial charge in [-0.25, -0.2) is 0 Å². The van der Waals surface area contributed by atoms with Crippen molar-refractivity contribution in [2.75, 3.05) is 13.1 Å². The Balaban J connectivity index is 2.18. The van der Waals surface area contributed by atoms with Gasteiger partial charge in [0.05, 0.1) is 10.0 Å². The molecule has 0 heterocycles. The summed E-state index contributed by atoms with van der Waals surface area (Å²) in [6.07, 6.45) is 0.904. The van der Waals surface area contributed by atoms with Crippen molar-refractivity contribution in [1.82, 2.24) is 10.6 Å². The Hall–Kier alpha value is -0.770. The first kappa shape index (κ1) is 14.3. The highest BCUT2D eigenvalue weighted by molar-refractivity contribution is 6.42. The number of hydrogen-bond donors (Lipinski definition) is 2. The maximum atomic E-state index is 10.6. The summed E-state index contributed by atoms with van der Waals surface area (Å²) in [6.45, 7) is 3.81. The topological polar surface area (TPSA) is 41.1 Å². The smallest absolute Gasteiger partial charge is 0.216 e. The van der Waals surface area contributed by atoms with Crippen molar-refractivity contribution in [3.63, 3.8) is 0 Å². The van der Waals surface area contributed by atoms with E-state index in [0.29, 0.717) is 16.6 Å². The molecule has 0 aromatic heterocycles. The van der Waals surface area contributed by atoms with E-state index in [0.717, 1.165) is 25.1 Å². The summed E-state index contributed by atoms with van der Waals surface area (Å²) >= 11 is 11.7. The van der Waals surface area contributed by atoms with Gasteiger partial charge in [0.2, 0.25) is 5.91 Å². The van der Waals surface area contributed by atoms with Gasteiger partial charge in [0.25, 0.3) is 0 Å². The average Bonchev–Trinajstić information content (AvgIpc) is 2.27. The van der Waals surface area contributed by atoms with Gasteiger partial charge in [0.1, 0.15) is 0 Å². The SMILES string of the molecule is CC(=O)NCCCNCc1ccc(Cl)c(Cl)c1. The Bertz CT molecular complexity index is 383. The van der Waals surface area contributed by atoms with Gasteiger partial charge < -0.3 is 10.6 Å². The van der Waals surface area contributed by atoms with Crippen LogP contribution in [0.2, 0.25) is 10.0 Å². The number of halogens is 2. The fraction of sp³-hybridized carbons (Fsp3) is 0.417. The van der Waals surface area contributed by atoms with E-state index >= 15 is 0 Å². The van der Waals surface area contributed by atoms with Crippen LogP contribution in [0, 0.1) is 0 Å². The van der Waals surface area contributed by atoms with E-state index in [9.17, 15) is 4.79 Å². The number of hydrogen-bond acceptors (Lipinski definition) is 2. The Labute approximate surface area is 111 Å². The van der Waals surface area contributed by atoms with Crippen LogP contribution in [-0.4, -0.2) is 19.0 Å². The lowest BCUT2D eigenvalue weighted by atomic mass is 10.2. The summed E-state index contributed by atoms with van der Waals surface area (Å²) in [7, 11) is 0. The third kappa shape index (κ3) is 5.91. The van der Waals surface area contributed by atoms with Crippen molar-refractivity contribution in [1.29, 1.82) is 0 Å². The van der Waals surface area contributed by atoms with Gasteiger partial charge in [0, 0.05) is 20.0 Å². The summed E-state index contributed by atoms with van der Waals surface area (Å²) in [5.74, 6) is 0.00878. The van der Waals surface area contributed by atoms with Gasteiger partial charge >= 0.3 is 0 Å². The standard InChI is InChI=1S/C12H16Cl2N2O/c1-9(17)16-6-2-5-15-8-10-3-4-11(13)12(14)7-10/h3-4,7,15H,2,5-6,8H2,1H3,(H,16,17). The van der Waals surface area contributed by atoms with Crippen LogP contribution in [0.15, 0.2) is 18.2 Å². The monoisotopic (exact) mass is 274 g/mol. The van der Waals surface area contributed by atoms with Crippen LogP contribution >= 0.6 is 23.2 Å². The highest BCUT2D eigenvalue weighted by Gasteiger charge is 1.99. The Morgan fingerprint density at radius 2 is 2.00 bits per heavy atom. The number of carbonyl (C=O) groups is 1. The van der Waals surface area contributed by atoms with Crippen molar-refractivity contribution in [2.24, 2.45) is 0 Å². The first-order valence-corrected chi connectivity index (χ1v) is 6.24. The summed E-state index contributed by atoms with van der Waals surface area (Å²) < 4.78 is 0. The number of amides is 1. The van der Waals surface area contributed by atoms with Crippen LogP contribution in [0.4, 0.5) is 0 Å². The van der Waals surface area contributed by atoms with E-state index in [1.54, 1.807) is 6.07 Å². The number of benzene rings is 1. The molecule has 17 heavy (non-hydrogen) atoms. The predicted molar refractivity (Wildman–Crippen MR) is 71.5 cm³/mol. The second-order valence-corrected chi connectivity index (χ2v) is 4.58. The fourth-order valence-corrected chi connectivity index (χ4v) is 1.68. The molecule has 1 rings (SSSR count). The van der Waals surface area contributed by atoms with Crippen molar-refractivity contribution < 1.29 is 4.79 Å². The van der Waals surface area contributed by atoms with Crippen molar-refractivity contribution in [2.45, 2.75) is 19.9 Å². The zero-order chi connectivity index (χ0) is 12.7. The molecule has 0 unspecified atom stereocenters. The molecule has 3 nitrogen and oxygen atoms in total. The second kappa shape index (κ2) is 7.54. The van der Waals surface area contributed by atoms with E-state index in [4.69, 9.17) is 23.2 Å². The highest BCUT2D eigenvalue weighted by atomic mass is 35.5. The van der Waals surface area contributed by atoms with Gasteiger partial charge in [-0.1, -0.05) is 29.3 Å². The van der Waals surface area contributed by atoms with E-state index in [1.165, 1.54) is 6.92 Å². The van der Waals surface area contributed by atoms with E-state index in [2.05, 4.69) is 10.6 Å². The minimum atomic E-state index is 0.00878. The molecule has 1 aromatic carbocycles. The van der Waals surface area contributed by atoms with Crippen LogP contribution in [0.25, 0.3) is 0 Å². The zero-order valence-electron chi connectivity index (χ0n) is 9.72. The lowest BCUT2D eigenvalue weighted by molar-refractivity contribution is -0.118. The molecule has 0 atom stereocenters. The van der Waals surface area contributed by atoms with Gasteiger partial charge in [-0.2, -0.15) is 0 Å². The van der Waals surface area contributed by atoms with Gasteiger partial charge in [0.15, 0.2) is 0 Å². The van der Waals surface area contributed by atoms with Crippen LogP contribution in [0.3, 0.4) is 0 Å².